The number of hydrogen-bond acceptors (Lipinski definition) is 3. The van der Waals surface area contributed by atoms with E-state index in [0.717, 1.165) is 17.7 Å². The molecule has 1 atom stereocenters. The van der Waals surface area contributed by atoms with Gasteiger partial charge in [-0.05, 0) is 29.5 Å². The van der Waals surface area contributed by atoms with E-state index in [1.165, 1.54) is 5.56 Å². The third-order valence-electron chi connectivity index (χ3n) is 4.42. The van der Waals surface area contributed by atoms with E-state index < -0.39 is 0 Å². The van der Waals surface area contributed by atoms with Crippen molar-refractivity contribution in [3.63, 3.8) is 0 Å². The van der Waals surface area contributed by atoms with Crippen LogP contribution < -0.4 is 10.5 Å². The van der Waals surface area contributed by atoms with Crippen molar-refractivity contribution in [1.82, 2.24) is 4.90 Å². The van der Waals surface area contributed by atoms with Crippen molar-refractivity contribution in [2.24, 2.45) is 5.73 Å². The van der Waals surface area contributed by atoms with E-state index in [9.17, 15) is 4.79 Å². The van der Waals surface area contributed by atoms with Crippen LogP contribution in [0.1, 0.15) is 30.4 Å². The number of benzene rings is 2. The molecule has 2 aromatic carbocycles. The fourth-order valence-electron chi connectivity index (χ4n) is 3.00. The van der Waals surface area contributed by atoms with Crippen LogP contribution in [0.3, 0.4) is 0 Å². The fraction of sp³-hybridized carbons (Fsp3) is 0.381. The number of methoxy groups -OCH3 is 1. The van der Waals surface area contributed by atoms with Crippen molar-refractivity contribution in [2.75, 3.05) is 26.7 Å². The molecule has 2 N–H and O–H groups in total. The van der Waals surface area contributed by atoms with E-state index in [1.54, 1.807) is 7.11 Å². The fourth-order valence-corrected chi connectivity index (χ4v) is 3.00. The van der Waals surface area contributed by atoms with E-state index >= 15 is 0 Å². The highest BCUT2D eigenvalue weighted by Gasteiger charge is 2.19. The third kappa shape index (κ3) is 6.36. The predicted molar refractivity (Wildman–Crippen MR) is 109 cm³/mol. The second-order valence-electron chi connectivity index (χ2n) is 6.25. The molecule has 0 heterocycles. The Morgan fingerprint density at radius 2 is 1.73 bits per heavy atom. The van der Waals surface area contributed by atoms with Gasteiger partial charge in [-0.15, -0.1) is 12.4 Å². The van der Waals surface area contributed by atoms with Gasteiger partial charge in [0.25, 0.3) is 0 Å². The van der Waals surface area contributed by atoms with Gasteiger partial charge in [0.1, 0.15) is 5.75 Å². The molecule has 4 nitrogen and oxygen atoms in total. The summed E-state index contributed by atoms with van der Waals surface area (Å²) in [6.45, 7) is 3.82. The van der Waals surface area contributed by atoms with Crippen LogP contribution in [-0.4, -0.2) is 37.6 Å². The predicted octanol–water partition coefficient (Wildman–Crippen LogP) is 3.64. The minimum atomic E-state index is 0. The van der Waals surface area contributed by atoms with Crippen molar-refractivity contribution in [2.45, 2.75) is 25.7 Å². The highest BCUT2D eigenvalue weighted by atomic mass is 35.5. The van der Waals surface area contributed by atoms with Crippen LogP contribution in [0, 0.1) is 0 Å². The molecule has 0 aliphatic rings. The van der Waals surface area contributed by atoms with Crippen LogP contribution in [0.15, 0.2) is 54.6 Å². The zero-order chi connectivity index (χ0) is 18.1. The SMILES string of the molecule is COc1ccccc1C(C)CC(=O)N(CCN)CCc1ccccc1.Cl. The highest BCUT2D eigenvalue weighted by molar-refractivity contribution is 5.85. The van der Waals surface area contributed by atoms with E-state index in [4.69, 9.17) is 10.5 Å². The smallest absolute Gasteiger partial charge is 0.223 e. The largest absolute Gasteiger partial charge is 0.496 e. The van der Waals surface area contributed by atoms with Gasteiger partial charge in [0.05, 0.1) is 7.11 Å². The first-order chi connectivity index (χ1) is 12.2. The highest BCUT2D eigenvalue weighted by Crippen LogP contribution is 2.28. The maximum Gasteiger partial charge on any atom is 0.223 e. The van der Waals surface area contributed by atoms with Gasteiger partial charge in [0, 0.05) is 26.1 Å². The van der Waals surface area contributed by atoms with Gasteiger partial charge < -0.3 is 15.4 Å². The summed E-state index contributed by atoms with van der Waals surface area (Å²) >= 11 is 0. The molecule has 0 saturated heterocycles. The molecule has 1 unspecified atom stereocenters. The topological polar surface area (TPSA) is 55.6 Å². The normalized spacial score (nSPS) is 11.3. The van der Waals surface area contributed by atoms with E-state index in [-0.39, 0.29) is 24.2 Å². The molecule has 0 aromatic heterocycles. The first-order valence-electron chi connectivity index (χ1n) is 8.80. The van der Waals surface area contributed by atoms with Gasteiger partial charge in [-0.2, -0.15) is 0 Å². The molecular formula is C21H29ClN2O2. The van der Waals surface area contributed by atoms with Crippen LogP contribution in [0.25, 0.3) is 0 Å². The first kappa shape index (κ1) is 22.0. The van der Waals surface area contributed by atoms with Crippen molar-refractivity contribution < 1.29 is 9.53 Å². The molecule has 0 saturated carbocycles. The molecule has 0 aliphatic heterocycles. The molecule has 2 aromatic rings. The van der Waals surface area contributed by atoms with Crippen LogP contribution in [-0.2, 0) is 11.2 Å². The van der Waals surface area contributed by atoms with E-state index in [1.807, 2.05) is 47.4 Å². The number of nitrogens with zero attached hydrogens (tertiary/aromatic N) is 1. The zero-order valence-electron chi connectivity index (χ0n) is 15.6. The van der Waals surface area contributed by atoms with Crippen LogP contribution in [0.2, 0.25) is 0 Å². The molecule has 5 heteroatoms. The number of halogens is 1. The summed E-state index contributed by atoms with van der Waals surface area (Å²) in [6, 6.07) is 18.1. The Morgan fingerprint density at radius 3 is 2.38 bits per heavy atom. The van der Waals surface area contributed by atoms with Crippen LogP contribution in [0.4, 0.5) is 0 Å². The summed E-state index contributed by atoms with van der Waals surface area (Å²) in [7, 11) is 1.66. The quantitative estimate of drug-likeness (QED) is 0.726. The van der Waals surface area contributed by atoms with Gasteiger partial charge >= 0.3 is 0 Å². The number of carbonyl (C=O) groups is 1. The molecule has 0 fully saturated rings. The summed E-state index contributed by atoms with van der Waals surface area (Å²) in [6.07, 6.45) is 1.30. The summed E-state index contributed by atoms with van der Waals surface area (Å²) < 4.78 is 5.42. The second kappa shape index (κ2) is 11.6. The number of carbonyl (C=O) groups excluding carboxylic acids is 1. The van der Waals surface area contributed by atoms with Crippen molar-refractivity contribution in [3.05, 3.63) is 65.7 Å². The van der Waals surface area contributed by atoms with Crippen LogP contribution in [0.5, 0.6) is 5.75 Å². The minimum absolute atomic E-state index is 0. The maximum atomic E-state index is 12.8. The summed E-state index contributed by atoms with van der Waals surface area (Å²) in [5.74, 6) is 1.07. The molecule has 0 aliphatic carbocycles. The zero-order valence-corrected chi connectivity index (χ0v) is 16.4. The Kier molecular flexibility index (Phi) is 9.78. The molecule has 2 rings (SSSR count). The Labute approximate surface area is 162 Å². The van der Waals surface area contributed by atoms with Crippen molar-refractivity contribution in [3.8, 4) is 5.75 Å². The van der Waals surface area contributed by atoms with Crippen molar-refractivity contribution >= 4 is 18.3 Å². The van der Waals surface area contributed by atoms with Gasteiger partial charge in [0.15, 0.2) is 0 Å². The molecule has 0 bridgehead atoms. The Balaban J connectivity index is 0.00000338. The lowest BCUT2D eigenvalue weighted by molar-refractivity contribution is -0.131. The first-order valence-corrected chi connectivity index (χ1v) is 8.80. The molecule has 142 valence electrons. The monoisotopic (exact) mass is 376 g/mol. The lowest BCUT2D eigenvalue weighted by Gasteiger charge is -2.24. The van der Waals surface area contributed by atoms with E-state index in [2.05, 4.69) is 19.1 Å². The average Bonchev–Trinajstić information content (AvgIpc) is 2.65. The van der Waals surface area contributed by atoms with Gasteiger partial charge in [-0.25, -0.2) is 0 Å². The number of para-hydroxylation sites is 1. The maximum absolute atomic E-state index is 12.8. The van der Waals surface area contributed by atoms with Gasteiger partial charge in [-0.3, -0.25) is 4.79 Å². The standard InChI is InChI=1S/C21H28N2O2.ClH/c1-17(19-10-6-7-11-20(19)25-2)16-21(24)23(15-13-22)14-12-18-8-4-3-5-9-18;/h3-11,17H,12-16,22H2,1-2H3;1H. The minimum Gasteiger partial charge on any atom is -0.496 e. The number of rotatable bonds is 9. The average molecular weight is 377 g/mol. The molecule has 0 spiro atoms. The van der Waals surface area contributed by atoms with Crippen LogP contribution >= 0.6 is 12.4 Å². The number of ether oxygens (including phenoxy) is 1. The summed E-state index contributed by atoms with van der Waals surface area (Å²) in [5, 5.41) is 0. The molecular weight excluding hydrogens is 348 g/mol. The lowest BCUT2D eigenvalue weighted by atomic mass is 9.96. The molecule has 26 heavy (non-hydrogen) atoms. The van der Waals surface area contributed by atoms with E-state index in [0.29, 0.717) is 26.1 Å². The van der Waals surface area contributed by atoms with Crippen molar-refractivity contribution in [1.29, 1.82) is 0 Å². The lowest BCUT2D eigenvalue weighted by Crippen LogP contribution is -2.37. The third-order valence-corrected chi connectivity index (χ3v) is 4.42. The Bertz CT molecular complexity index is 664. The Morgan fingerprint density at radius 1 is 1.08 bits per heavy atom. The Hall–Kier alpha value is -2.04. The number of amides is 1. The van der Waals surface area contributed by atoms with Gasteiger partial charge in [0.2, 0.25) is 5.91 Å². The number of nitrogens with two attached hydrogens (primary N) is 1. The number of hydrogen-bond donors (Lipinski definition) is 1. The summed E-state index contributed by atoms with van der Waals surface area (Å²) in [4.78, 5) is 14.6. The molecule has 0 radical (unpaired) electrons. The van der Waals surface area contributed by atoms with Gasteiger partial charge in [-0.1, -0.05) is 55.5 Å². The summed E-state index contributed by atoms with van der Waals surface area (Å²) in [5.41, 5.74) is 8.01. The molecule has 1 amide bonds. The second-order valence-corrected chi connectivity index (χ2v) is 6.25.